The highest BCUT2D eigenvalue weighted by Crippen LogP contribution is 2.17. The lowest BCUT2D eigenvalue weighted by atomic mass is 10.1. The molecule has 0 aromatic heterocycles. The van der Waals surface area contributed by atoms with E-state index in [2.05, 4.69) is 5.32 Å². The molecule has 0 aromatic carbocycles. The molecule has 0 radical (unpaired) electrons. The van der Waals surface area contributed by atoms with E-state index in [1.165, 1.54) is 0 Å². The van der Waals surface area contributed by atoms with Crippen molar-refractivity contribution in [3.63, 3.8) is 0 Å². The largest absolute Gasteiger partial charge is 0.464 e. The zero-order valence-corrected chi connectivity index (χ0v) is 8.44. The van der Waals surface area contributed by atoms with Crippen molar-refractivity contribution >= 4 is 11.9 Å². The summed E-state index contributed by atoms with van der Waals surface area (Å²) in [5.74, 6) is -0.620. The summed E-state index contributed by atoms with van der Waals surface area (Å²) >= 11 is 0. The molecular formula is C9H15N3O3. The summed E-state index contributed by atoms with van der Waals surface area (Å²) in [6.07, 6.45) is 0.655. The van der Waals surface area contributed by atoms with Crippen molar-refractivity contribution in [2.24, 2.45) is 5.73 Å². The summed E-state index contributed by atoms with van der Waals surface area (Å²) in [5, 5.41) is 3.09. The standard InChI is InChI=1S/C9H15N3O3/c10-8(13)7-5-11-2-3-12(7)6-1-4-15-9(6)14/h6-7,11H,1-5H2,(H2,10,13). The molecule has 2 aliphatic heterocycles. The highest BCUT2D eigenvalue weighted by atomic mass is 16.5. The second kappa shape index (κ2) is 4.16. The maximum absolute atomic E-state index is 11.4. The second-order valence-corrected chi connectivity index (χ2v) is 3.83. The molecule has 3 N–H and O–H groups in total. The van der Waals surface area contributed by atoms with Gasteiger partial charge in [0.1, 0.15) is 12.1 Å². The lowest BCUT2D eigenvalue weighted by Crippen LogP contribution is -2.60. The molecular weight excluding hydrogens is 198 g/mol. The normalized spacial score (nSPS) is 32.7. The monoisotopic (exact) mass is 213 g/mol. The van der Waals surface area contributed by atoms with E-state index >= 15 is 0 Å². The number of amides is 1. The number of nitrogens with one attached hydrogen (secondary N) is 1. The van der Waals surface area contributed by atoms with Crippen LogP contribution in [0.15, 0.2) is 0 Å². The number of esters is 1. The van der Waals surface area contributed by atoms with Gasteiger partial charge in [-0.25, -0.2) is 0 Å². The Kier molecular flexibility index (Phi) is 2.88. The van der Waals surface area contributed by atoms with Crippen LogP contribution in [0.3, 0.4) is 0 Å². The third-order valence-electron chi connectivity index (χ3n) is 2.92. The van der Waals surface area contributed by atoms with E-state index in [1.54, 1.807) is 0 Å². The van der Waals surface area contributed by atoms with Gasteiger partial charge in [0.05, 0.1) is 6.61 Å². The van der Waals surface area contributed by atoms with Crippen LogP contribution in [-0.2, 0) is 14.3 Å². The van der Waals surface area contributed by atoms with Gasteiger partial charge >= 0.3 is 5.97 Å². The number of rotatable bonds is 2. The Hall–Kier alpha value is -1.14. The number of hydrogen-bond acceptors (Lipinski definition) is 5. The topological polar surface area (TPSA) is 84.7 Å². The predicted octanol–water partition coefficient (Wildman–Crippen LogP) is -1.94. The number of hydrogen-bond donors (Lipinski definition) is 2. The smallest absolute Gasteiger partial charge is 0.323 e. The van der Waals surface area contributed by atoms with E-state index < -0.39 is 6.04 Å². The van der Waals surface area contributed by atoms with Gasteiger partial charge < -0.3 is 15.8 Å². The van der Waals surface area contributed by atoms with Crippen LogP contribution in [0.4, 0.5) is 0 Å². The Balaban J connectivity index is 2.10. The third-order valence-corrected chi connectivity index (χ3v) is 2.92. The Bertz CT molecular complexity index is 280. The number of ether oxygens (including phenoxy) is 1. The van der Waals surface area contributed by atoms with Crippen LogP contribution in [0, 0.1) is 0 Å². The third kappa shape index (κ3) is 1.95. The van der Waals surface area contributed by atoms with Crippen LogP contribution in [-0.4, -0.2) is 55.1 Å². The van der Waals surface area contributed by atoms with Crippen molar-refractivity contribution in [2.75, 3.05) is 26.2 Å². The van der Waals surface area contributed by atoms with Crippen molar-refractivity contribution in [3.8, 4) is 0 Å². The second-order valence-electron chi connectivity index (χ2n) is 3.83. The molecule has 0 aliphatic carbocycles. The lowest BCUT2D eigenvalue weighted by Gasteiger charge is -2.36. The summed E-state index contributed by atoms with van der Waals surface area (Å²) in [4.78, 5) is 24.5. The van der Waals surface area contributed by atoms with Crippen LogP contribution in [0.25, 0.3) is 0 Å². The van der Waals surface area contributed by atoms with E-state index in [0.717, 1.165) is 6.54 Å². The average Bonchev–Trinajstić information content (AvgIpc) is 2.64. The molecule has 2 saturated heterocycles. The minimum absolute atomic E-state index is 0.233. The highest BCUT2D eigenvalue weighted by Gasteiger charge is 2.39. The fourth-order valence-electron chi connectivity index (χ4n) is 2.14. The van der Waals surface area contributed by atoms with E-state index in [-0.39, 0.29) is 17.9 Å². The van der Waals surface area contributed by atoms with Crippen LogP contribution < -0.4 is 11.1 Å². The first-order valence-corrected chi connectivity index (χ1v) is 5.12. The number of piperazine rings is 1. The van der Waals surface area contributed by atoms with Crippen LogP contribution in [0.1, 0.15) is 6.42 Å². The van der Waals surface area contributed by atoms with Gasteiger partial charge in [-0.05, 0) is 0 Å². The summed E-state index contributed by atoms with van der Waals surface area (Å²) in [6.45, 7) is 2.39. The van der Waals surface area contributed by atoms with E-state index in [1.807, 2.05) is 4.90 Å². The molecule has 6 nitrogen and oxygen atoms in total. The molecule has 2 unspecified atom stereocenters. The van der Waals surface area contributed by atoms with Crippen molar-refractivity contribution in [1.29, 1.82) is 0 Å². The molecule has 2 rings (SSSR count). The number of carbonyl (C=O) groups excluding carboxylic acids is 2. The summed E-state index contributed by atoms with van der Waals surface area (Å²) in [5.41, 5.74) is 5.30. The van der Waals surface area contributed by atoms with E-state index in [0.29, 0.717) is 26.1 Å². The molecule has 1 amide bonds. The molecule has 6 heteroatoms. The van der Waals surface area contributed by atoms with Gasteiger partial charge in [0.25, 0.3) is 0 Å². The molecule has 2 fully saturated rings. The van der Waals surface area contributed by atoms with Crippen LogP contribution in [0.5, 0.6) is 0 Å². The molecule has 0 saturated carbocycles. The average molecular weight is 213 g/mol. The Morgan fingerprint density at radius 3 is 3.00 bits per heavy atom. The molecule has 2 aliphatic rings. The lowest BCUT2D eigenvalue weighted by molar-refractivity contribution is -0.144. The fraction of sp³-hybridized carbons (Fsp3) is 0.778. The SMILES string of the molecule is NC(=O)C1CNCCN1C1CCOC1=O. The number of carbonyl (C=O) groups is 2. The van der Waals surface area contributed by atoms with Crippen molar-refractivity contribution in [1.82, 2.24) is 10.2 Å². The van der Waals surface area contributed by atoms with Crippen LogP contribution >= 0.6 is 0 Å². The molecule has 0 bridgehead atoms. The van der Waals surface area contributed by atoms with Gasteiger partial charge in [0.15, 0.2) is 0 Å². The van der Waals surface area contributed by atoms with Crippen molar-refractivity contribution in [3.05, 3.63) is 0 Å². The maximum atomic E-state index is 11.4. The Morgan fingerprint density at radius 2 is 2.40 bits per heavy atom. The first kappa shape index (κ1) is 10.4. The van der Waals surface area contributed by atoms with Crippen molar-refractivity contribution in [2.45, 2.75) is 18.5 Å². The summed E-state index contributed by atoms with van der Waals surface area (Å²) in [7, 11) is 0. The van der Waals surface area contributed by atoms with Gasteiger partial charge in [-0.1, -0.05) is 0 Å². The minimum Gasteiger partial charge on any atom is -0.464 e. The molecule has 15 heavy (non-hydrogen) atoms. The zero-order chi connectivity index (χ0) is 10.8. The summed E-state index contributed by atoms with van der Waals surface area (Å²) in [6, 6.07) is -0.681. The molecule has 0 aromatic rings. The van der Waals surface area contributed by atoms with Gasteiger partial charge in [-0.3, -0.25) is 14.5 Å². The number of nitrogens with zero attached hydrogens (tertiary/aromatic N) is 1. The van der Waals surface area contributed by atoms with E-state index in [4.69, 9.17) is 10.5 Å². The first-order valence-electron chi connectivity index (χ1n) is 5.12. The quantitative estimate of drug-likeness (QED) is 0.521. The summed E-state index contributed by atoms with van der Waals surface area (Å²) < 4.78 is 4.89. The molecule has 84 valence electrons. The van der Waals surface area contributed by atoms with Gasteiger partial charge in [-0.2, -0.15) is 0 Å². The van der Waals surface area contributed by atoms with Gasteiger partial charge in [0.2, 0.25) is 5.91 Å². The number of nitrogens with two attached hydrogens (primary N) is 1. The Morgan fingerprint density at radius 1 is 1.60 bits per heavy atom. The maximum Gasteiger partial charge on any atom is 0.323 e. The Labute approximate surface area is 87.7 Å². The van der Waals surface area contributed by atoms with Gasteiger partial charge in [0, 0.05) is 26.1 Å². The zero-order valence-electron chi connectivity index (χ0n) is 8.44. The van der Waals surface area contributed by atoms with Gasteiger partial charge in [-0.15, -0.1) is 0 Å². The fourth-order valence-corrected chi connectivity index (χ4v) is 2.14. The molecule has 0 spiro atoms. The molecule has 2 atom stereocenters. The van der Waals surface area contributed by atoms with Crippen molar-refractivity contribution < 1.29 is 14.3 Å². The highest BCUT2D eigenvalue weighted by molar-refractivity contribution is 5.83. The predicted molar refractivity (Wildman–Crippen MR) is 51.9 cm³/mol. The molecule has 2 heterocycles. The van der Waals surface area contributed by atoms with Crippen LogP contribution in [0.2, 0.25) is 0 Å². The first-order chi connectivity index (χ1) is 7.20. The van der Waals surface area contributed by atoms with E-state index in [9.17, 15) is 9.59 Å². The minimum atomic E-state index is -0.394. The number of primary amides is 1. The number of cyclic esters (lactones) is 1.